The zero-order chi connectivity index (χ0) is 22.5. The molecule has 0 aliphatic rings. The van der Waals surface area contributed by atoms with Gasteiger partial charge in [-0.1, -0.05) is 56.3 Å². The molecule has 1 heterocycles. The molecule has 5 nitrogen and oxygen atoms in total. The van der Waals surface area contributed by atoms with Crippen LogP contribution in [-0.2, 0) is 11.2 Å². The normalized spacial score (nSPS) is 11.8. The highest BCUT2D eigenvalue weighted by atomic mass is 32.1. The van der Waals surface area contributed by atoms with Crippen LogP contribution in [0.5, 0.6) is 0 Å². The minimum absolute atomic E-state index is 0.166. The number of oxazole rings is 1. The Bertz CT molecular complexity index is 1250. The van der Waals surface area contributed by atoms with E-state index in [-0.39, 0.29) is 17.4 Å². The number of fused-ring (bicyclic) bond motifs is 1. The van der Waals surface area contributed by atoms with E-state index >= 15 is 0 Å². The van der Waals surface area contributed by atoms with Crippen LogP contribution in [0.3, 0.4) is 0 Å². The molecule has 0 bridgehead atoms. The van der Waals surface area contributed by atoms with E-state index in [9.17, 15) is 4.79 Å². The van der Waals surface area contributed by atoms with Gasteiger partial charge in [-0.05, 0) is 66.0 Å². The number of amides is 1. The molecule has 0 saturated carbocycles. The third-order valence-electron chi connectivity index (χ3n) is 5.42. The fraction of sp³-hybridized carbons (Fsp3) is 0.192. The van der Waals surface area contributed by atoms with Crippen LogP contribution in [-0.4, -0.2) is 16.0 Å². The van der Waals surface area contributed by atoms with E-state index in [2.05, 4.69) is 41.6 Å². The lowest BCUT2D eigenvalue weighted by molar-refractivity contribution is -0.119. The number of anilines is 1. The molecule has 1 atom stereocenters. The molecule has 0 spiro atoms. The lowest BCUT2D eigenvalue weighted by Gasteiger charge is -2.10. The van der Waals surface area contributed by atoms with Gasteiger partial charge in [-0.15, -0.1) is 0 Å². The molecule has 1 amide bonds. The molecule has 32 heavy (non-hydrogen) atoms. The third kappa shape index (κ3) is 5.21. The summed E-state index contributed by atoms with van der Waals surface area (Å²) in [5, 5.41) is 6.04. The molecule has 162 valence electrons. The predicted molar refractivity (Wildman–Crippen MR) is 133 cm³/mol. The molecule has 0 aliphatic carbocycles. The van der Waals surface area contributed by atoms with Gasteiger partial charge in [-0.2, -0.15) is 0 Å². The Labute approximate surface area is 192 Å². The Morgan fingerprint density at radius 1 is 1.06 bits per heavy atom. The molecule has 1 aromatic heterocycles. The second-order valence-corrected chi connectivity index (χ2v) is 8.21. The first-order chi connectivity index (χ1) is 15.5. The van der Waals surface area contributed by atoms with Crippen molar-refractivity contribution < 1.29 is 9.21 Å². The van der Waals surface area contributed by atoms with Crippen LogP contribution in [0.2, 0.25) is 0 Å². The molecule has 3 aromatic carbocycles. The Morgan fingerprint density at radius 3 is 2.66 bits per heavy atom. The van der Waals surface area contributed by atoms with Crippen molar-refractivity contribution in [3.63, 3.8) is 0 Å². The van der Waals surface area contributed by atoms with Gasteiger partial charge in [-0.25, -0.2) is 4.98 Å². The zero-order valence-corrected chi connectivity index (χ0v) is 18.9. The van der Waals surface area contributed by atoms with E-state index < -0.39 is 0 Å². The van der Waals surface area contributed by atoms with Crippen LogP contribution in [0.1, 0.15) is 37.3 Å². The van der Waals surface area contributed by atoms with Crippen LogP contribution in [0.25, 0.3) is 22.6 Å². The number of aromatic nitrogens is 1. The van der Waals surface area contributed by atoms with Gasteiger partial charge < -0.3 is 15.1 Å². The number of nitrogens with one attached hydrogen (secondary N) is 2. The molecular formula is C26H25N3O2S. The number of rotatable bonds is 6. The average molecular weight is 444 g/mol. The summed E-state index contributed by atoms with van der Waals surface area (Å²) >= 11 is 5.31. The van der Waals surface area contributed by atoms with Gasteiger partial charge in [0.1, 0.15) is 5.52 Å². The first-order valence-electron chi connectivity index (χ1n) is 10.7. The maximum Gasteiger partial charge on any atom is 0.230 e. The highest BCUT2D eigenvalue weighted by Crippen LogP contribution is 2.29. The van der Waals surface area contributed by atoms with E-state index in [1.165, 1.54) is 5.56 Å². The Hall–Kier alpha value is -3.51. The van der Waals surface area contributed by atoms with Crippen LogP contribution in [0.4, 0.5) is 5.69 Å². The van der Waals surface area contributed by atoms with E-state index in [1.54, 1.807) is 0 Å². The summed E-state index contributed by atoms with van der Waals surface area (Å²) in [6.07, 6.45) is 1.34. The van der Waals surface area contributed by atoms with Gasteiger partial charge >= 0.3 is 0 Å². The molecule has 2 N–H and O–H groups in total. The first-order valence-corrected chi connectivity index (χ1v) is 11.1. The van der Waals surface area contributed by atoms with Crippen LogP contribution < -0.4 is 10.6 Å². The van der Waals surface area contributed by atoms with Gasteiger partial charge in [-0.3, -0.25) is 4.79 Å². The summed E-state index contributed by atoms with van der Waals surface area (Å²) in [6, 6.07) is 23.3. The van der Waals surface area contributed by atoms with Gasteiger partial charge in [0.25, 0.3) is 0 Å². The molecular weight excluding hydrogens is 418 g/mol. The average Bonchev–Trinajstić information content (AvgIpc) is 3.22. The maximum atomic E-state index is 12.2. The Balaban J connectivity index is 1.45. The predicted octanol–water partition coefficient (Wildman–Crippen LogP) is 6.06. The summed E-state index contributed by atoms with van der Waals surface area (Å²) < 4.78 is 5.97. The minimum atomic E-state index is -0.166. The van der Waals surface area contributed by atoms with Crippen molar-refractivity contribution >= 4 is 40.0 Å². The molecule has 4 rings (SSSR count). The molecule has 0 saturated heterocycles. The fourth-order valence-corrected chi connectivity index (χ4v) is 3.69. The van der Waals surface area contributed by atoms with Gasteiger partial charge in [0.05, 0.1) is 6.42 Å². The Morgan fingerprint density at radius 2 is 1.88 bits per heavy atom. The topological polar surface area (TPSA) is 67.2 Å². The monoisotopic (exact) mass is 443 g/mol. The molecule has 0 fully saturated rings. The van der Waals surface area contributed by atoms with Crippen molar-refractivity contribution in [1.82, 2.24) is 10.3 Å². The summed E-state index contributed by atoms with van der Waals surface area (Å²) in [4.78, 5) is 16.9. The van der Waals surface area contributed by atoms with Crippen LogP contribution in [0, 0.1) is 0 Å². The van der Waals surface area contributed by atoms with Crippen molar-refractivity contribution in [2.24, 2.45) is 0 Å². The lowest BCUT2D eigenvalue weighted by Crippen LogP contribution is -2.35. The largest absolute Gasteiger partial charge is 0.436 e. The fourth-order valence-electron chi connectivity index (χ4n) is 3.45. The smallest absolute Gasteiger partial charge is 0.230 e. The second-order valence-electron chi connectivity index (χ2n) is 7.80. The number of hydrogen-bond acceptors (Lipinski definition) is 4. The third-order valence-corrected chi connectivity index (χ3v) is 5.63. The van der Waals surface area contributed by atoms with E-state index in [0.29, 0.717) is 11.8 Å². The molecule has 0 radical (unpaired) electrons. The van der Waals surface area contributed by atoms with Crippen molar-refractivity contribution in [2.75, 3.05) is 5.32 Å². The van der Waals surface area contributed by atoms with Gasteiger partial charge in [0.2, 0.25) is 11.8 Å². The SMILES string of the molecule is CC[C@H](C)c1ccc2oc(-c3cccc(NC(=S)NC(=O)Cc4ccccc4)c3)nc2c1. The van der Waals surface area contributed by atoms with E-state index in [4.69, 9.17) is 16.6 Å². The van der Waals surface area contributed by atoms with Crippen LogP contribution in [0.15, 0.2) is 77.2 Å². The molecule has 0 aliphatic heterocycles. The van der Waals surface area contributed by atoms with Crippen LogP contribution >= 0.6 is 12.2 Å². The van der Waals surface area contributed by atoms with Crippen molar-refractivity contribution in [2.45, 2.75) is 32.6 Å². The van der Waals surface area contributed by atoms with Crippen molar-refractivity contribution in [1.29, 1.82) is 0 Å². The highest BCUT2D eigenvalue weighted by Gasteiger charge is 2.12. The first kappa shape index (κ1) is 21.7. The summed E-state index contributed by atoms with van der Waals surface area (Å²) in [5.74, 6) is 0.857. The molecule has 6 heteroatoms. The van der Waals surface area contributed by atoms with Crippen molar-refractivity contribution in [3.05, 3.63) is 83.9 Å². The summed E-state index contributed by atoms with van der Waals surface area (Å²) in [7, 11) is 0. The number of nitrogens with zero attached hydrogens (tertiary/aromatic N) is 1. The lowest BCUT2D eigenvalue weighted by atomic mass is 9.98. The van der Waals surface area contributed by atoms with E-state index in [1.807, 2.05) is 60.7 Å². The number of carbonyl (C=O) groups is 1. The number of thiocarbonyl (C=S) groups is 1. The molecule has 4 aromatic rings. The number of hydrogen-bond donors (Lipinski definition) is 2. The summed E-state index contributed by atoms with van der Waals surface area (Å²) in [6.45, 7) is 4.38. The van der Waals surface area contributed by atoms with Gasteiger partial charge in [0.15, 0.2) is 10.7 Å². The zero-order valence-electron chi connectivity index (χ0n) is 18.1. The minimum Gasteiger partial charge on any atom is -0.436 e. The molecule has 0 unspecified atom stereocenters. The number of carbonyl (C=O) groups excluding carboxylic acids is 1. The quantitative estimate of drug-likeness (QED) is 0.354. The summed E-state index contributed by atoms with van der Waals surface area (Å²) in [5.41, 5.74) is 5.37. The second kappa shape index (κ2) is 9.75. The van der Waals surface area contributed by atoms with Gasteiger partial charge in [0, 0.05) is 11.3 Å². The Kier molecular flexibility index (Phi) is 6.61. The number of benzene rings is 3. The van der Waals surface area contributed by atoms with E-state index in [0.717, 1.165) is 34.3 Å². The maximum absolute atomic E-state index is 12.2. The standard InChI is InChI=1S/C26H25N3O2S/c1-3-17(2)19-12-13-23-22(16-19)28-25(31-23)20-10-7-11-21(15-20)27-26(32)29-24(30)14-18-8-5-4-6-9-18/h4-13,15-17H,3,14H2,1-2H3,(H2,27,29,30,32)/t17-/m0/s1. The van der Waals surface area contributed by atoms with Crippen molar-refractivity contribution in [3.8, 4) is 11.5 Å². The highest BCUT2D eigenvalue weighted by molar-refractivity contribution is 7.80.